The average molecular weight is 190 g/mol. The van der Waals surface area contributed by atoms with Crippen LogP contribution in [-0.2, 0) is 0 Å². The Morgan fingerprint density at radius 2 is 1.50 bits per heavy atom. The SMILES string of the molecule is CC(C)C.C[C@@H]1C[C@H]1c1ccccc1. The van der Waals surface area contributed by atoms with Crippen LogP contribution in [0, 0.1) is 11.8 Å². The Labute approximate surface area is 88.4 Å². The summed E-state index contributed by atoms with van der Waals surface area (Å²) in [5, 5.41) is 0. The van der Waals surface area contributed by atoms with Gasteiger partial charge >= 0.3 is 0 Å². The average Bonchev–Trinajstić information content (AvgIpc) is 2.83. The third-order valence-corrected chi connectivity index (χ3v) is 2.34. The van der Waals surface area contributed by atoms with Gasteiger partial charge in [-0.25, -0.2) is 0 Å². The summed E-state index contributed by atoms with van der Waals surface area (Å²) in [6, 6.07) is 10.8. The van der Waals surface area contributed by atoms with Crippen molar-refractivity contribution < 1.29 is 0 Å². The molecule has 1 aromatic rings. The molecule has 0 amide bonds. The zero-order valence-corrected chi connectivity index (χ0v) is 9.83. The Balaban J connectivity index is 0.000000213. The highest BCUT2D eigenvalue weighted by Crippen LogP contribution is 2.46. The number of benzene rings is 1. The second-order valence-electron chi connectivity index (χ2n) is 4.96. The lowest BCUT2D eigenvalue weighted by molar-refractivity contribution is 0.737. The van der Waals surface area contributed by atoms with E-state index in [1.165, 1.54) is 12.0 Å². The van der Waals surface area contributed by atoms with Gasteiger partial charge in [0.05, 0.1) is 0 Å². The van der Waals surface area contributed by atoms with Crippen molar-refractivity contribution in [3.8, 4) is 0 Å². The van der Waals surface area contributed by atoms with Crippen molar-refractivity contribution in [3.63, 3.8) is 0 Å². The summed E-state index contributed by atoms with van der Waals surface area (Å²) in [6.45, 7) is 8.82. The summed E-state index contributed by atoms with van der Waals surface area (Å²) in [4.78, 5) is 0. The molecule has 1 aliphatic carbocycles. The maximum atomic E-state index is 2.32. The zero-order chi connectivity index (χ0) is 10.6. The molecule has 0 saturated heterocycles. The van der Waals surface area contributed by atoms with Gasteiger partial charge in [0.15, 0.2) is 0 Å². The van der Waals surface area contributed by atoms with Crippen molar-refractivity contribution in [2.75, 3.05) is 0 Å². The molecule has 2 atom stereocenters. The standard InChI is InChI=1S/C10H12.C4H10/c1-8-7-10(8)9-5-3-2-4-6-9;1-4(2)3/h2-6,8,10H,7H2,1H3;4H,1-3H3/t8-,10-;/m1./s1. The minimum Gasteiger partial charge on any atom is -0.0630 e. The number of hydrogen-bond donors (Lipinski definition) is 0. The van der Waals surface area contributed by atoms with Gasteiger partial charge in [0.25, 0.3) is 0 Å². The largest absolute Gasteiger partial charge is 0.0630 e. The van der Waals surface area contributed by atoms with Crippen molar-refractivity contribution >= 4 is 0 Å². The lowest BCUT2D eigenvalue weighted by Gasteiger charge is -1.94. The van der Waals surface area contributed by atoms with Gasteiger partial charge in [-0.15, -0.1) is 0 Å². The van der Waals surface area contributed by atoms with Crippen molar-refractivity contribution in [1.82, 2.24) is 0 Å². The minimum absolute atomic E-state index is 0.833. The third kappa shape index (κ3) is 3.95. The third-order valence-electron chi connectivity index (χ3n) is 2.34. The Kier molecular flexibility index (Phi) is 4.19. The molecule has 0 aromatic heterocycles. The van der Waals surface area contributed by atoms with Crippen LogP contribution in [-0.4, -0.2) is 0 Å². The molecule has 0 heteroatoms. The molecule has 0 heterocycles. The van der Waals surface area contributed by atoms with Crippen molar-refractivity contribution in [3.05, 3.63) is 35.9 Å². The molecule has 0 nitrogen and oxygen atoms in total. The first kappa shape index (κ1) is 11.3. The van der Waals surface area contributed by atoms with E-state index in [0.717, 1.165) is 17.8 Å². The highest BCUT2D eigenvalue weighted by molar-refractivity contribution is 5.24. The summed E-state index contributed by atoms with van der Waals surface area (Å²) < 4.78 is 0. The molecule has 1 fully saturated rings. The molecule has 14 heavy (non-hydrogen) atoms. The zero-order valence-electron chi connectivity index (χ0n) is 9.83. The second-order valence-corrected chi connectivity index (χ2v) is 4.96. The fraction of sp³-hybridized carbons (Fsp3) is 0.571. The Bertz CT molecular complexity index is 245. The quantitative estimate of drug-likeness (QED) is 0.613. The molecule has 0 bridgehead atoms. The summed E-state index contributed by atoms with van der Waals surface area (Å²) >= 11 is 0. The van der Waals surface area contributed by atoms with Crippen molar-refractivity contribution in [1.29, 1.82) is 0 Å². The van der Waals surface area contributed by atoms with Crippen molar-refractivity contribution in [2.45, 2.75) is 40.0 Å². The molecule has 1 aliphatic rings. The molecular formula is C14H22. The van der Waals surface area contributed by atoms with Crippen LogP contribution in [0.25, 0.3) is 0 Å². The van der Waals surface area contributed by atoms with E-state index in [0.29, 0.717) is 0 Å². The smallest absolute Gasteiger partial charge is 0.0133 e. The highest BCUT2D eigenvalue weighted by atomic mass is 14.4. The fourth-order valence-electron chi connectivity index (χ4n) is 1.49. The van der Waals surface area contributed by atoms with E-state index in [-0.39, 0.29) is 0 Å². The Morgan fingerprint density at radius 1 is 1.07 bits per heavy atom. The normalized spacial score (nSPS) is 24.1. The first-order chi connectivity index (χ1) is 6.61. The molecular weight excluding hydrogens is 168 g/mol. The minimum atomic E-state index is 0.833. The van der Waals surface area contributed by atoms with Crippen LogP contribution in [0.3, 0.4) is 0 Å². The molecule has 1 aromatic carbocycles. The molecule has 2 rings (SSSR count). The summed E-state index contributed by atoms with van der Waals surface area (Å²) in [7, 11) is 0. The fourth-order valence-corrected chi connectivity index (χ4v) is 1.49. The first-order valence-corrected chi connectivity index (χ1v) is 5.66. The van der Waals surface area contributed by atoms with Crippen LogP contribution in [0.15, 0.2) is 30.3 Å². The maximum absolute atomic E-state index is 2.32. The summed E-state index contributed by atoms with van der Waals surface area (Å²) in [6.07, 6.45) is 1.39. The van der Waals surface area contributed by atoms with Crippen LogP contribution < -0.4 is 0 Å². The van der Waals surface area contributed by atoms with E-state index in [9.17, 15) is 0 Å². The molecule has 0 N–H and O–H groups in total. The molecule has 78 valence electrons. The molecule has 0 radical (unpaired) electrons. The van der Waals surface area contributed by atoms with Gasteiger partial charge in [-0.3, -0.25) is 0 Å². The summed E-state index contributed by atoms with van der Waals surface area (Å²) in [5.74, 6) is 2.64. The van der Waals surface area contributed by atoms with Crippen molar-refractivity contribution in [2.24, 2.45) is 11.8 Å². The van der Waals surface area contributed by atoms with Crippen LogP contribution in [0.1, 0.15) is 45.6 Å². The molecule has 1 saturated carbocycles. The molecule has 0 aliphatic heterocycles. The lowest BCUT2D eigenvalue weighted by Crippen LogP contribution is -1.77. The van der Waals surface area contributed by atoms with Crippen LogP contribution >= 0.6 is 0 Å². The van der Waals surface area contributed by atoms with E-state index in [4.69, 9.17) is 0 Å². The highest BCUT2D eigenvalue weighted by Gasteiger charge is 2.33. The Hall–Kier alpha value is -0.780. The monoisotopic (exact) mass is 190 g/mol. The molecule has 0 unspecified atom stereocenters. The second kappa shape index (κ2) is 5.19. The van der Waals surface area contributed by atoms with E-state index in [2.05, 4.69) is 58.0 Å². The lowest BCUT2D eigenvalue weighted by atomic mass is 10.1. The van der Waals surface area contributed by atoms with E-state index in [1.54, 1.807) is 0 Å². The van der Waals surface area contributed by atoms with Crippen LogP contribution in [0.5, 0.6) is 0 Å². The number of hydrogen-bond acceptors (Lipinski definition) is 0. The predicted molar refractivity (Wildman–Crippen MR) is 63.5 cm³/mol. The first-order valence-electron chi connectivity index (χ1n) is 5.66. The topological polar surface area (TPSA) is 0 Å². The van der Waals surface area contributed by atoms with E-state index >= 15 is 0 Å². The van der Waals surface area contributed by atoms with Crippen LogP contribution in [0.2, 0.25) is 0 Å². The van der Waals surface area contributed by atoms with Gasteiger partial charge < -0.3 is 0 Å². The predicted octanol–water partition coefficient (Wildman–Crippen LogP) is 4.47. The van der Waals surface area contributed by atoms with Gasteiger partial charge in [-0.1, -0.05) is 58.0 Å². The van der Waals surface area contributed by atoms with Gasteiger partial charge in [-0.2, -0.15) is 0 Å². The van der Waals surface area contributed by atoms with Gasteiger partial charge in [0.1, 0.15) is 0 Å². The van der Waals surface area contributed by atoms with E-state index < -0.39 is 0 Å². The number of rotatable bonds is 1. The van der Waals surface area contributed by atoms with Gasteiger partial charge in [0, 0.05) is 0 Å². The maximum Gasteiger partial charge on any atom is -0.0133 e. The molecule has 0 spiro atoms. The Morgan fingerprint density at radius 3 is 1.86 bits per heavy atom. The van der Waals surface area contributed by atoms with E-state index in [1.807, 2.05) is 0 Å². The van der Waals surface area contributed by atoms with Gasteiger partial charge in [0.2, 0.25) is 0 Å². The van der Waals surface area contributed by atoms with Crippen LogP contribution in [0.4, 0.5) is 0 Å². The summed E-state index contributed by atoms with van der Waals surface area (Å²) in [5.41, 5.74) is 1.52. The van der Waals surface area contributed by atoms with Gasteiger partial charge in [-0.05, 0) is 29.7 Å².